The van der Waals surface area contributed by atoms with Crippen LogP contribution in [0.1, 0.15) is 59.5 Å². The second-order valence-electron chi connectivity index (χ2n) is 7.52. The molecule has 130 valence electrons. The third kappa shape index (κ3) is 2.88. The first kappa shape index (κ1) is 14.9. The second-order valence-corrected chi connectivity index (χ2v) is 7.52. The van der Waals surface area contributed by atoms with E-state index in [2.05, 4.69) is 10.3 Å². The molecule has 2 aromatic rings. The van der Waals surface area contributed by atoms with Crippen LogP contribution < -0.4 is 5.56 Å². The summed E-state index contributed by atoms with van der Waals surface area (Å²) < 4.78 is 6.81. The van der Waals surface area contributed by atoms with Crippen molar-refractivity contribution < 1.29 is 9.32 Å². The molecule has 3 fully saturated rings. The average molecular weight is 340 g/mol. The van der Waals surface area contributed by atoms with Crippen molar-refractivity contribution >= 4 is 5.91 Å². The van der Waals surface area contributed by atoms with Crippen LogP contribution in [0.3, 0.4) is 0 Å². The van der Waals surface area contributed by atoms with Gasteiger partial charge in [-0.3, -0.25) is 9.59 Å². The van der Waals surface area contributed by atoms with Crippen LogP contribution in [0.2, 0.25) is 0 Å². The molecule has 5 rings (SSSR count). The van der Waals surface area contributed by atoms with Crippen molar-refractivity contribution in [3.8, 4) is 0 Å². The van der Waals surface area contributed by atoms with Gasteiger partial charge in [0.05, 0.1) is 12.2 Å². The highest BCUT2D eigenvalue weighted by molar-refractivity contribution is 5.92. The predicted molar refractivity (Wildman–Crippen MR) is 88.3 cm³/mol. The highest BCUT2D eigenvalue weighted by Crippen LogP contribution is 2.40. The molecule has 0 bridgehead atoms. The molecule has 1 saturated heterocycles. The molecule has 7 nitrogen and oxygen atoms in total. The van der Waals surface area contributed by atoms with Gasteiger partial charge < -0.3 is 9.42 Å². The van der Waals surface area contributed by atoms with Crippen LogP contribution in [0.15, 0.2) is 27.5 Å². The van der Waals surface area contributed by atoms with Crippen molar-refractivity contribution in [3.05, 3.63) is 45.7 Å². The Morgan fingerprint density at radius 2 is 1.92 bits per heavy atom. The fourth-order valence-corrected chi connectivity index (χ4v) is 3.40. The molecule has 3 heterocycles. The molecule has 1 amide bonds. The predicted octanol–water partition coefficient (Wildman–Crippen LogP) is 1.76. The van der Waals surface area contributed by atoms with E-state index in [0.717, 1.165) is 37.1 Å². The van der Waals surface area contributed by atoms with Gasteiger partial charge in [0, 0.05) is 43.0 Å². The summed E-state index contributed by atoms with van der Waals surface area (Å²) in [6.07, 6.45) is 4.57. The quantitative estimate of drug-likeness (QED) is 0.828. The Morgan fingerprint density at radius 3 is 2.64 bits per heavy atom. The van der Waals surface area contributed by atoms with Crippen LogP contribution in [0, 0.1) is 5.92 Å². The number of carbonyl (C=O) groups is 1. The summed E-state index contributed by atoms with van der Waals surface area (Å²) >= 11 is 0. The Kier molecular flexibility index (Phi) is 3.29. The van der Waals surface area contributed by atoms with Crippen molar-refractivity contribution in [1.82, 2.24) is 19.8 Å². The van der Waals surface area contributed by atoms with Crippen LogP contribution in [-0.2, 0) is 6.54 Å². The molecule has 0 unspecified atom stereocenters. The SMILES string of the molecule is O=C(c1cc(C2CC2)on1)N1CC(Cn2nc(C3CC3)ccc2=O)C1. The molecular weight excluding hydrogens is 320 g/mol. The zero-order valence-electron chi connectivity index (χ0n) is 13.9. The smallest absolute Gasteiger partial charge is 0.276 e. The van der Waals surface area contributed by atoms with E-state index >= 15 is 0 Å². The summed E-state index contributed by atoms with van der Waals surface area (Å²) in [6, 6.07) is 5.23. The van der Waals surface area contributed by atoms with Gasteiger partial charge in [0.25, 0.3) is 11.5 Å². The van der Waals surface area contributed by atoms with Gasteiger partial charge in [-0.1, -0.05) is 5.16 Å². The maximum Gasteiger partial charge on any atom is 0.276 e. The van der Waals surface area contributed by atoms with Crippen molar-refractivity contribution in [2.24, 2.45) is 5.92 Å². The molecule has 2 aromatic heterocycles. The van der Waals surface area contributed by atoms with E-state index in [9.17, 15) is 9.59 Å². The van der Waals surface area contributed by atoms with E-state index in [1.165, 1.54) is 0 Å². The molecule has 0 spiro atoms. The lowest BCUT2D eigenvalue weighted by Crippen LogP contribution is -2.52. The number of aromatic nitrogens is 3. The number of nitrogens with zero attached hydrogens (tertiary/aromatic N) is 4. The first-order valence-corrected chi connectivity index (χ1v) is 9.01. The molecule has 25 heavy (non-hydrogen) atoms. The Hall–Kier alpha value is -2.44. The molecule has 0 aromatic carbocycles. The van der Waals surface area contributed by atoms with E-state index in [1.807, 2.05) is 6.07 Å². The Bertz CT molecular complexity index is 872. The highest BCUT2D eigenvalue weighted by atomic mass is 16.5. The summed E-state index contributed by atoms with van der Waals surface area (Å²) in [5.74, 6) is 1.99. The Morgan fingerprint density at radius 1 is 1.16 bits per heavy atom. The zero-order valence-corrected chi connectivity index (χ0v) is 13.9. The topological polar surface area (TPSA) is 81.2 Å². The van der Waals surface area contributed by atoms with Gasteiger partial charge in [-0.15, -0.1) is 0 Å². The summed E-state index contributed by atoms with van der Waals surface area (Å²) in [5, 5.41) is 8.39. The molecule has 1 aliphatic heterocycles. The van der Waals surface area contributed by atoms with Gasteiger partial charge in [0.1, 0.15) is 5.76 Å². The number of carbonyl (C=O) groups excluding carboxylic acids is 1. The summed E-state index contributed by atoms with van der Waals surface area (Å²) in [4.78, 5) is 26.2. The normalized spacial score (nSPS) is 20.6. The number of hydrogen-bond donors (Lipinski definition) is 0. The largest absolute Gasteiger partial charge is 0.360 e. The van der Waals surface area contributed by atoms with Gasteiger partial charge in [-0.25, -0.2) is 4.68 Å². The summed E-state index contributed by atoms with van der Waals surface area (Å²) in [6.45, 7) is 1.83. The average Bonchev–Trinajstić information content (AvgIpc) is 3.50. The monoisotopic (exact) mass is 340 g/mol. The second kappa shape index (κ2) is 5.54. The fourth-order valence-electron chi connectivity index (χ4n) is 3.40. The van der Waals surface area contributed by atoms with E-state index in [-0.39, 0.29) is 17.4 Å². The molecule has 3 aliphatic rings. The van der Waals surface area contributed by atoms with Crippen LogP contribution in [0.5, 0.6) is 0 Å². The third-order valence-electron chi connectivity index (χ3n) is 5.29. The fraction of sp³-hybridized carbons (Fsp3) is 0.556. The van der Waals surface area contributed by atoms with E-state index < -0.39 is 0 Å². The Balaban J connectivity index is 1.20. The van der Waals surface area contributed by atoms with Crippen LogP contribution >= 0.6 is 0 Å². The third-order valence-corrected chi connectivity index (χ3v) is 5.29. The van der Waals surface area contributed by atoms with Crippen molar-refractivity contribution in [2.45, 2.75) is 44.1 Å². The molecule has 0 N–H and O–H groups in total. The number of amides is 1. The number of rotatable bonds is 5. The van der Waals surface area contributed by atoms with Crippen LogP contribution in [-0.4, -0.2) is 38.8 Å². The molecule has 2 saturated carbocycles. The summed E-state index contributed by atoms with van der Waals surface area (Å²) in [7, 11) is 0. The first-order valence-electron chi connectivity index (χ1n) is 9.01. The minimum absolute atomic E-state index is 0.0697. The molecular formula is C18H20N4O3. The highest BCUT2D eigenvalue weighted by Gasteiger charge is 2.35. The van der Waals surface area contributed by atoms with Crippen LogP contribution in [0.25, 0.3) is 0 Å². The van der Waals surface area contributed by atoms with Gasteiger partial charge in [0.15, 0.2) is 5.69 Å². The maximum absolute atomic E-state index is 12.4. The lowest BCUT2D eigenvalue weighted by Gasteiger charge is -2.38. The maximum atomic E-state index is 12.4. The molecule has 2 aliphatic carbocycles. The van der Waals surface area contributed by atoms with Crippen molar-refractivity contribution in [2.75, 3.05) is 13.1 Å². The minimum atomic E-state index is -0.0843. The standard InChI is InChI=1S/C18H20N4O3/c23-17-6-5-14(12-1-2-12)19-22(17)10-11-8-21(9-11)18(24)15-7-16(25-20-15)13-3-4-13/h5-7,11-13H,1-4,8-10H2. The first-order chi connectivity index (χ1) is 12.2. The van der Waals surface area contributed by atoms with Gasteiger partial charge in [0.2, 0.25) is 0 Å². The van der Waals surface area contributed by atoms with Crippen molar-refractivity contribution in [3.63, 3.8) is 0 Å². The lowest BCUT2D eigenvalue weighted by atomic mass is 9.99. The Labute approximate surface area is 144 Å². The molecule has 7 heteroatoms. The number of hydrogen-bond acceptors (Lipinski definition) is 5. The van der Waals surface area contributed by atoms with Crippen LogP contribution in [0.4, 0.5) is 0 Å². The van der Waals surface area contributed by atoms with Crippen molar-refractivity contribution in [1.29, 1.82) is 0 Å². The van der Waals surface area contributed by atoms with E-state index in [4.69, 9.17) is 4.52 Å². The van der Waals surface area contributed by atoms with E-state index in [1.54, 1.807) is 21.7 Å². The van der Waals surface area contributed by atoms with Gasteiger partial charge >= 0.3 is 0 Å². The van der Waals surface area contributed by atoms with E-state index in [0.29, 0.717) is 37.2 Å². The zero-order chi connectivity index (χ0) is 17.0. The number of likely N-dealkylation sites (tertiary alicyclic amines) is 1. The molecule has 0 atom stereocenters. The molecule has 0 radical (unpaired) electrons. The van der Waals surface area contributed by atoms with Gasteiger partial charge in [-0.2, -0.15) is 5.10 Å². The summed E-state index contributed by atoms with van der Waals surface area (Å²) in [5.41, 5.74) is 1.34. The van der Waals surface area contributed by atoms with Gasteiger partial charge in [-0.05, 0) is 31.7 Å². The minimum Gasteiger partial charge on any atom is -0.360 e. The lowest BCUT2D eigenvalue weighted by molar-refractivity contribution is 0.0448.